The van der Waals surface area contributed by atoms with Crippen molar-refractivity contribution in [1.29, 1.82) is 0 Å². The van der Waals surface area contributed by atoms with Crippen LogP contribution in [0.5, 0.6) is 0 Å². The summed E-state index contributed by atoms with van der Waals surface area (Å²) in [6.45, 7) is 9.99. The Morgan fingerprint density at radius 3 is 2.77 bits per heavy atom. The van der Waals surface area contributed by atoms with Crippen LogP contribution >= 0.6 is 23.4 Å². The van der Waals surface area contributed by atoms with Crippen molar-refractivity contribution in [2.75, 3.05) is 52.4 Å². The largest absolute Gasteiger partial charge is 0.341 e. The van der Waals surface area contributed by atoms with Gasteiger partial charge in [0.05, 0.1) is 10.9 Å². The predicted octanol–water partition coefficient (Wildman–Crippen LogP) is 4.12. The summed E-state index contributed by atoms with van der Waals surface area (Å²) in [5.74, 6) is 0.306. The second kappa shape index (κ2) is 13.8. The van der Waals surface area contributed by atoms with Gasteiger partial charge in [-0.25, -0.2) is 4.98 Å². The van der Waals surface area contributed by atoms with Gasteiger partial charge in [0.1, 0.15) is 5.25 Å². The Bertz CT molecular complexity index is 1390. The molecule has 2 unspecified atom stereocenters. The number of fused-ring (bicyclic) bond motifs is 1. The van der Waals surface area contributed by atoms with Crippen LogP contribution in [0.2, 0.25) is 5.02 Å². The van der Waals surface area contributed by atoms with Crippen LogP contribution in [0.4, 0.5) is 0 Å². The fourth-order valence-corrected chi connectivity index (χ4v) is 6.77. The first-order valence-corrected chi connectivity index (χ1v) is 15.4. The summed E-state index contributed by atoms with van der Waals surface area (Å²) in [5, 5.41) is 4.39. The number of nitrogens with one attached hydrogen (secondary N) is 1. The molecule has 0 saturated carbocycles. The van der Waals surface area contributed by atoms with Gasteiger partial charge < -0.3 is 15.1 Å². The fourth-order valence-electron chi connectivity index (χ4n) is 5.35. The maximum atomic E-state index is 14.0. The molecular formula is C30H37ClN6O2S. The van der Waals surface area contributed by atoms with Gasteiger partial charge in [-0.3, -0.25) is 19.1 Å². The SMILES string of the molecule is CCn1c(SC(C(=O)N2CCC(C=NCCCN3CCNCC3)C2)c2ccccc2)nc2ccc(Cl)cc2c1=O. The molecule has 2 aromatic carbocycles. The van der Waals surface area contributed by atoms with E-state index in [4.69, 9.17) is 21.6 Å². The molecule has 5 rings (SSSR count). The predicted molar refractivity (Wildman–Crippen MR) is 164 cm³/mol. The highest BCUT2D eigenvalue weighted by atomic mass is 35.5. The number of hydrogen-bond donors (Lipinski definition) is 1. The molecule has 3 aromatic rings. The smallest absolute Gasteiger partial charge is 0.262 e. The summed E-state index contributed by atoms with van der Waals surface area (Å²) in [6.07, 6.45) is 4.02. The van der Waals surface area contributed by atoms with E-state index in [1.165, 1.54) is 11.8 Å². The maximum Gasteiger partial charge on any atom is 0.262 e. The van der Waals surface area contributed by atoms with E-state index in [1.54, 1.807) is 22.8 Å². The Labute approximate surface area is 244 Å². The Kier molecular flexibility index (Phi) is 9.91. The van der Waals surface area contributed by atoms with Crippen molar-refractivity contribution in [2.45, 2.75) is 36.7 Å². The lowest BCUT2D eigenvalue weighted by molar-refractivity contribution is -0.129. The topological polar surface area (TPSA) is 82.8 Å². The number of hydrogen-bond acceptors (Lipinski definition) is 7. The second-order valence-electron chi connectivity index (χ2n) is 10.3. The summed E-state index contributed by atoms with van der Waals surface area (Å²) in [6, 6.07) is 14.9. The molecule has 1 amide bonds. The standard InChI is InChI=1S/C30H37ClN6O2S/c1-2-37-28(38)25-19-24(31)9-10-26(25)34-30(37)40-27(23-7-4-3-5-8-23)29(39)36-16-11-22(21-36)20-33-12-6-15-35-17-13-32-14-18-35/h3-5,7-10,19-20,22,27,32H,2,6,11-18,21H2,1H3. The number of carbonyl (C=O) groups is 1. The fraction of sp³-hybridized carbons (Fsp3) is 0.467. The quantitative estimate of drug-likeness (QED) is 0.168. The van der Waals surface area contributed by atoms with Gasteiger partial charge in [-0.2, -0.15) is 0 Å². The van der Waals surface area contributed by atoms with Crippen molar-refractivity contribution in [3.05, 3.63) is 69.5 Å². The number of aliphatic imine (C=N–C) groups is 1. The molecule has 0 aliphatic carbocycles. The monoisotopic (exact) mass is 580 g/mol. The minimum absolute atomic E-state index is 0.0407. The first-order chi connectivity index (χ1) is 19.5. The van der Waals surface area contributed by atoms with Crippen LogP contribution in [-0.4, -0.2) is 83.8 Å². The van der Waals surface area contributed by atoms with Crippen molar-refractivity contribution < 1.29 is 4.79 Å². The van der Waals surface area contributed by atoms with Crippen molar-refractivity contribution >= 4 is 46.4 Å². The zero-order chi connectivity index (χ0) is 27.9. The van der Waals surface area contributed by atoms with Crippen LogP contribution < -0.4 is 10.9 Å². The molecule has 0 radical (unpaired) electrons. The zero-order valence-electron chi connectivity index (χ0n) is 23.0. The highest BCUT2D eigenvalue weighted by molar-refractivity contribution is 8.00. The van der Waals surface area contributed by atoms with Gasteiger partial charge in [0.2, 0.25) is 5.91 Å². The Hall–Kier alpha value is -2.72. The van der Waals surface area contributed by atoms with E-state index in [9.17, 15) is 9.59 Å². The molecule has 212 valence electrons. The number of amides is 1. The lowest BCUT2D eigenvalue weighted by atomic mass is 10.1. The molecule has 2 aliphatic heterocycles. The Morgan fingerprint density at radius 1 is 1.20 bits per heavy atom. The van der Waals surface area contributed by atoms with Crippen LogP contribution in [0.25, 0.3) is 10.9 Å². The normalized spacial score (nSPS) is 19.1. The molecule has 3 heterocycles. The number of rotatable bonds is 10. The summed E-state index contributed by atoms with van der Waals surface area (Å²) >= 11 is 7.50. The minimum atomic E-state index is -0.509. The average molecular weight is 581 g/mol. The molecule has 10 heteroatoms. The van der Waals surface area contributed by atoms with E-state index in [2.05, 4.69) is 16.4 Å². The van der Waals surface area contributed by atoms with E-state index in [-0.39, 0.29) is 17.4 Å². The van der Waals surface area contributed by atoms with Gasteiger partial charge in [0, 0.05) is 69.5 Å². The number of piperazine rings is 1. The summed E-state index contributed by atoms with van der Waals surface area (Å²) in [7, 11) is 0. The van der Waals surface area contributed by atoms with Crippen LogP contribution in [0.3, 0.4) is 0 Å². The number of halogens is 1. The number of likely N-dealkylation sites (tertiary alicyclic amines) is 1. The zero-order valence-corrected chi connectivity index (χ0v) is 24.5. The number of aromatic nitrogens is 2. The van der Waals surface area contributed by atoms with Crippen LogP contribution in [0, 0.1) is 5.92 Å². The van der Waals surface area contributed by atoms with Gasteiger partial charge >= 0.3 is 0 Å². The first kappa shape index (κ1) is 28.8. The van der Waals surface area contributed by atoms with Gasteiger partial charge in [-0.1, -0.05) is 53.7 Å². The van der Waals surface area contributed by atoms with Crippen molar-refractivity contribution in [3.8, 4) is 0 Å². The van der Waals surface area contributed by atoms with Gasteiger partial charge in [-0.05, 0) is 50.1 Å². The molecule has 0 spiro atoms. The molecular weight excluding hydrogens is 544 g/mol. The summed E-state index contributed by atoms with van der Waals surface area (Å²) in [4.78, 5) is 41.2. The van der Waals surface area contributed by atoms with Crippen LogP contribution in [-0.2, 0) is 11.3 Å². The molecule has 2 saturated heterocycles. The highest BCUT2D eigenvalue weighted by Crippen LogP contribution is 2.37. The summed E-state index contributed by atoms with van der Waals surface area (Å²) in [5.41, 5.74) is 1.33. The molecule has 40 heavy (non-hydrogen) atoms. The van der Waals surface area contributed by atoms with Gasteiger partial charge in [0.25, 0.3) is 5.56 Å². The minimum Gasteiger partial charge on any atom is -0.341 e. The third kappa shape index (κ3) is 6.94. The third-order valence-corrected chi connectivity index (χ3v) is 9.04. The van der Waals surface area contributed by atoms with Crippen molar-refractivity contribution in [1.82, 2.24) is 24.7 Å². The van der Waals surface area contributed by atoms with E-state index < -0.39 is 5.25 Å². The Morgan fingerprint density at radius 2 is 2.00 bits per heavy atom. The van der Waals surface area contributed by atoms with E-state index in [1.807, 2.05) is 42.2 Å². The van der Waals surface area contributed by atoms with E-state index in [0.717, 1.165) is 57.7 Å². The number of carbonyl (C=O) groups excluding carboxylic acids is 1. The van der Waals surface area contributed by atoms with Crippen molar-refractivity contribution in [3.63, 3.8) is 0 Å². The number of thioether (sulfide) groups is 1. The van der Waals surface area contributed by atoms with Crippen molar-refractivity contribution in [2.24, 2.45) is 10.9 Å². The third-order valence-electron chi connectivity index (χ3n) is 7.57. The first-order valence-electron chi connectivity index (χ1n) is 14.2. The van der Waals surface area contributed by atoms with Gasteiger partial charge in [-0.15, -0.1) is 0 Å². The van der Waals surface area contributed by atoms with Gasteiger partial charge in [0.15, 0.2) is 5.16 Å². The molecule has 8 nitrogen and oxygen atoms in total. The second-order valence-corrected chi connectivity index (χ2v) is 11.9. The number of benzene rings is 2. The molecule has 1 N–H and O–H groups in total. The highest BCUT2D eigenvalue weighted by Gasteiger charge is 2.33. The lowest BCUT2D eigenvalue weighted by Crippen LogP contribution is -2.43. The molecule has 1 aromatic heterocycles. The average Bonchev–Trinajstić information content (AvgIpc) is 3.46. The van der Waals surface area contributed by atoms with Crippen LogP contribution in [0.15, 0.2) is 63.5 Å². The Balaban J connectivity index is 1.28. The van der Waals surface area contributed by atoms with E-state index >= 15 is 0 Å². The molecule has 2 fully saturated rings. The van der Waals surface area contributed by atoms with Crippen LogP contribution in [0.1, 0.15) is 30.6 Å². The lowest BCUT2D eigenvalue weighted by Gasteiger charge is -2.26. The van der Waals surface area contributed by atoms with E-state index in [0.29, 0.717) is 40.7 Å². The maximum absolute atomic E-state index is 14.0. The molecule has 0 bridgehead atoms. The molecule has 2 atom stereocenters. The summed E-state index contributed by atoms with van der Waals surface area (Å²) < 4.78 is 1.63. The molecule has 2 aliphatic rings. The number of nitrogens with zero attached hydrogens (tertiary/aromatic N) is 5.